The Bertz CT molecular complexity index is 981. The second kappa shape index (κ2) is 10.7. The van der Waals surface area contributed by atoms with E-state index in [1.807, 2.05) is 18.2 Å². The molecule has 7 nitrogen and oxygen atoms in total. The zero-order chi connectivity index (χ0) is 21.4. The smallest absolute Gasteiger partial charge is 0.240 e. The van der Waals surface area contributed by atoms with Gasteiger partial charge in [-0.05, 0) is 36.6 Å². The third kappa shape index (κ3) is 6.35. The van der Waals surface area contributed by atoms with Gasteiger partial charge in [0.2, 0.25) is 15.9 Å². The van der Waals surface area contributed by atoms with E-state index in [1.165, 1.54) is 12.1 Å². The number of sulfonamides is 1. The van der Waals surface area contributed by atoms with Crippen LogP contribution in [0.3, 0.4) is 0 Å². The van der Waals surface area contributed by atoms with Gasteiger partial charge in [-0.3, -0.25) is 4.79 Å². The maximum Gasteiger partial charge on any atom is 0.240 e. The largest absolute Gasteiger partial charge is 0.486 e. The summed E-state index contributed by atoms with van der Waals surface area (Å²) in [5.74, 6) is 0.937. The predicted molar refractivity (Wildman–Crippen MR) is 114 cm³/mol. The molecule has 2 aromatic carbocycles. The third-order valence-corrected chi connectivity index (χ3v) is 6.46. The minimum Gasteiger partial charge on any atom is -0.486 e. The first kappa shape index (κ1) is 22.4. The van der Waals surface area contributed by atoms with Crippen molar-refractivity contribution in [2.45, 2.75) is 37.1 Å². The molecule has 1 aliphatic heterocycles. The molecule has 0 bridgehead atoms. The Hall–Kier alpha value is -2.29. The van der Waals surface area contributed by atoms with Crippen molar-refractivity contribution in [3.63, 3.8) is 0 Å². The van der Waals surface area contributed by atoms with Gasteiger partial charge in [0, 0.05) is 30.6 Å². The molecule has 1 amide bonds. The lowest BCUT2D eigenvalue weighted by molar-refractivity contribution is -0.121. The van der Waals surface area contributed by atoms with Crippen molar-refractivity contribution >= 4 is 27.5 Å². The van der Waals surface area contributed by atoms with Crippen molar-refractivity contribution in [2.75, 3.05) is 19.8 Å². The number of unbranched alkanes of at least 4 members (excludes halogenated alkanes) is 2. The summed E-state index contributed by atoms with van der Waals surface area (Å²) >= 11 is 6.06. The monoisotopic (exact) mass is 452 g/mol. The summed E-state index contributed by atoms with van der Waals surface area (Å²) < 4.78 is 38.3. The van der Waals surface area contributed by atoms with E-state index in [0.717, 1.165) is 12.0 Å². The zero-order valence-electron chi connectivity index (χ0n) is 16.5. The van der Waals surface area contributed by atoms with Crippen LogP contribution in [0.15, 0.2) is 47.4 Å². The topological polar surface area (TPSA) is 93.7 Å². The summed E-state index contributed by atoms with van der Waals surface area (Å²) in [6, 6.07) is 11.9. The molecule has 0 aliphatic carbocycles. The van der Waals surface area contributed by atoms with Crippen molar-refractivity contribution in [1.29, 1.82) is 0 Å². The van der Waals surface area contributed by atoms with Crippen molar-refractivity contribution in [2.24, 2.45) is 0 Å². The van der Waals surface area contributed by atoms with E-state index in [9.17, 15) is 13.2 Å². The molecule has 162 valence electrons. The highest BCUT2D eigenvalue weighted by Crippen LogP contribution is 2.32. The number of benzene rings is 2. The van der Waals surface area contributed by atoms with Crippen LogP contribution in [0.4, 0.5) is 0 Å². The molecule has 0 atom stereocenters. The molecule has 30 heavy (non-hydrogen) atoms. The van der Waals surface area contributed by atoms with Crippen molar-refractivity contribution in [3.05, 3.63) is 53.1 Å². The number of hydrogen-bond acceptors (Lipinski definition) is 5. The van der Waals surface area contributed by atoms with E-state index < -0.39 is 10.0 Å². The van der Waals surface area contributed by atoms with Crippen LogP contribution >= 0.6 is 11.6 Å². The molecule has 0 radical (unpaired) electrons. The second-order valence-corrected chi connectivity index (χ2v) is 9.06. The maximum atomic E-state index is 12.4. The Morgan fingerprint density at radius 2 is 1.77 bits per heavy atom. The Morgan fingerprint density at radius 3 is 2.57 bits per heavy atom. The van der Waals surface area contributed by atoms with Gasteiger partial charge in [-0.1, -0.05) is 36.2 Å². The number of fused-ring (bicyclic) bond motifs is 1. The summed E-state index contributed by atoms with van der Waals surface area (Å²) in [4.78, 5) is 12.1. The Kier molecular flexibility index (Phi) is 7.95. The third-order valence-electron chi connectivity index (χ3n) is 4.63. The molecule has 1 heterocycles. The summed E-state index contributed by atoms with van der Waals surface area (Å²) in [6.07, 6.45) is 2.45. The van der Waals surface area contributed by atoms with Gasteiger partial charge in [-0.2, -0.15) is 0 Å². The Morgan fingerprint density at radius 1 is 1.00 bits per heavy atom. The fourth-order valence-corrected chi connectivity index (χ4v) is 4.28. The summed E-state index contributed by atoms with van der Waals surface area (Å²) in [7, 11) is -3.62. The van der Waals surface area contributed by atoms with Gasteiger partial charge in [0.25, 0.3) is 0 Å². The number of hydrogen-bond donors (Lipinski definition) is 2. The first-order valence-corrected chi connectivity index (χ1v) is 11.7. The summed E-state index contributed by atoms with van der Waals surface area (Å²) in [5.41, 5.74) is 0.876. The molecule has 0 fully saturated rings. The fraction of sp³-hybridized carbons (Fsp3) is 0.381. The molecular weight excluding hydrogens is 428 g/mol. The van der Waals surface area contributed by atoms with Gasteiger partial charge >= 0.3 is 0 Å². The lowest BCUT2D eigenvalue weighted by atomic mass is 10.2. The first-order chi connectivity index (χ1) is 14.5. The second-order valence-electron chi connectivity index (χ2n) is 6.88. The van der Waals surface area contributed by atoms with Crippen LogP contribution in [0.1, 0.15) is 31.2 Å². The van der Waals surface area contributed by atoms with Gasteiger partial charge in [-0.15, -0.1) is 0 Å². The molecule has 0 aromatic heterocycles. The molecule has 3 rings (SSSR count). The zero-order valence-corrected chi connectivity index (χ0v) is 18.1. The molecule has 0 saturated heterocycles. The average Bonchev–Trinajstić information content (AvgIpc) is 2.75. The molecule has 0 saturated carbocycles. The van der Waals surface area contributed by atoms with Crippen molar-refractivity contribution < 1.29 is 22.7 Å². The van der Waals surface area contributed by atoms with E-state index in [1.54, 1.807) is 12.1 Å². The molecule has 2 N–H and O–H groups in total. The van der Waals surface area contributed by atoms with Gasteiger partial charge in [0.05, 0.1) is 4.90 Å². The SMILES string of the molecule is O=C(CCCCCNS(=O)(=O)c1ccc2c(c1)OCCO2)NCc1ccccc1Cl. The number of amides is 1. The molecule has 0 spiro atoms. The first-order valence-electron chi connectivity index (χ1n) is 9.85. The van der Waals surface area contributed by atoms with Gasteiger partial charge in [0.15, 0.2) is 11.5 Å². The van der Waals surface area contributed by atoms with Crippen LogP contribution < -0.4 is 19.5 Å². The molecule has 9 heteroatoms. The molecule has 0 unspecified atom stereocenters. The quantitative estimate of drug-likeness (QED) is 0.539. The highest BCUT2D eigenvalue weighted by Gasteiger charge is 2.18. The predicted octanol–water partition coefficient (Wildman–Crippen LogP) is 3.27. The lowest BCUT2D eigenvalue weighted by Gasteiger charge is -2.18. The minimum absolute atomic E-state index is 0.0493. The number of carbonyl (C=O) groups excluding carboxylic acids is 1. The average molecular weight is 453 g/mol. The van der Waals surface area contributed by atoms with Crippen LogP contribution in [0.5, 0.6) is 11.5 Å². The number of rotatable bonds is 10. The number of ether oxygens (including phenoxy) is 2. The van der Waals surface area contributed by atoms with Gasteiger partial charge < -0.3 is 14.8 Å². The van der Waals surface area contributed by atoms with E-state index >= 15 is 0 Å². The van der Waals surface area contributed by atoms with Crippen LogP contribution in [-0.2, 0) is 21.4 Å². The van der Waals surface area contributed by atoms with Crippen LogP contribution in [0.25, 0.3) is 0 Å². The van der Waals surface area contributed by atoms with Crippen molar-refractivity contribution in [1.82, 2.24) is 10.0 Å². The van der Waals surface area contributed by atoms with E-state index in [4.69, 9.17) is 21.1 Å². The Labute approximate surface area is 181 Å². The highest BCUT2D eigenvalue weighted by molar-refractivity contribution is 7.89. The van der Waals surface area contributed by atoms with Crippen LogP contribution in [0.2, 0.25) is 5.02 Å². The van der Waals surface area contributed by atoms with Gasteiger partial charge in [0.1, 0.15) is 13.2 Å². The van der Waals surface area contributed by atoms with Crippen LogP contribution in [-0.4, -0.2) is 34.1 Å². The minimum atomic E-state index is -3.62. The number of halogens is 1. The van der Waals surface area contributed by atoms with E-state index in [2.05, 4.69) is 10.0 Å². The maximum absolute atomic E-state index is 12.4. The van der Waals surface area contributed by atoms with E-state index in [-0.39, 0.29) is 10.8 Å². The standard InChI is InChI=1S/C21H25ClN2O5S/c22-18-7-4-3-6-16(18)15-23-21(25)8-2-1-5-11-24-30(26,27)17-9-10-19-20(14-17)29-13-12-28-19/h3-4,6-7,9-10,14,24H,1-2,5,8,11-13,15H2,(H,23,25). The summed E-state index contributed by atoms with van der Waals surface area (Å²) in [6.45, 7) is 1.55. The molecule has 1 aliphatic rings. The summed E-state index contributed by atoms with van der Waals surface area (Å²) in [5, 5.41) is 3.47. The van der Waals surface area contributed by atoms with E-state index in [0.29, 0.717) is 62.1 Å². The highest BCUT2D eigenvalue weighted by atomic mass is 35.5. The molecule has 2 aromatic rings. The lowest BCUT2D eigenvalue weighted by Crippen LogP contribution is -2.25. The normalized spacial score (nSPS) is 13.1. The molecular formula is C21H25ClN2O5S. The number of nitrogens with one attached hydrogen (secondary N) is 2. The fourth-order valence-electron chi connectivity index (χ4n) is 2.99. The van der Waals surface area contributed by atoms with Gasteiger partial charge in [-0.25, -0.2) is 13.1 Å². The number of carbonyl (C=O) groups is 1. The Balaban J connectivity index is 1.34. The van der Waals surface area contributed by atoms with Crippen LogP contribution in [0, 0.1) is 0 Å². The van der Waals surface area contributed by atoms with Crippen molar-refractivity contribution in [3.8, 4) is 11.5 Å².